The van der Waals surface area contributed by atoms with Crippen molar-refractivity contribution in [3.05, 3.63) is 77.4 Å². The number of allylic oxidation sites excluding steroid dienone is 2. The molecule has 3 rings (SSSR count). The molecule has 1 fully saturated rings. The van der Waals surface area contributed by atoms with Gasteiger partial charge in [0.05, 0.1) is 5.92 Å². The molecule has 2 aromatic carbocycles. The van der Waals surface area contributed by atoms with E-state index in [-0.39, 0.29) is 23.2 Å². The van der Waals surface area contributed by atoms with E-state index in [0.717, 1.165) is 16.9 Å². The Balaban J connectivity index is 1.54. The smallest absolute Gasteiger partial charge is 0.310 e. The van der Waals surface area contributed by atoms with Gasteiger partial charge in [0.2, 0.25) is 0 Å². The highest BCUT2D eigenvalue weighted by molar-refractivity contribution is 5.78. The van der Waals surface area contributed by atoms with Gasteiger partial charge in [-0.1, -0.05) is 61.9 Å². The summed E-state index contributed by atoms with van der Waals surface area (Å²) in [5.41, 5.74) is 3.27. The highest BCUT2D eigenvalue weighted by Gasteiger charge is 2.61. The molecule has 0 radical (unpaired) electrons. The highest BCUT2D eigenvalue weighted by atomic mass is 16.5. The minimum absolute atomic E-state index is 0.0142. The Labute approximate surface area is 162 Å². The second kappa shape index (κ2) is 7.99. The molecule has 0 aromatic heterocycles. The molecule has 142 valence electrons. The molecule has 3 nitrogen and oxygen atoms in total. The molecule has 2 unspecified atom stereocenters. The summed E-state index contributed by atoms with van der Waals surface area (Å²) in [6.45, 7) is 9.19. The summed E-state index contributed by atoms with van der Waals surface area (Å²) in [5.74, 6) is 0.974. The van der Waals surface area contributed by atoms with Crippen LogP contribution in [0.15, 0.2) is 66.2 Å². The number of carbonyl (C=O) groups excluding carboxylic acids is 1. The van der Waals surface area contributed by atoms with Crippen LogP contribution in [0.25, 0.3) is 0 Å². The number of carbonyl (C=O) groups is 1. The lowest BCUT2D eigenvalue weighted by Crippen LogP contribution is -2.10. The molecule has 0 saturated heterocycles. The minimum Gasteiger partial charge on any atom is -0.489 e. The molecule has 0 amide bonds. The van der Waals surface area contributed by atoms with Crippen LogP contribution in [0, 0.1) is 17.3 Å². The first-order valence-corrected chi connectivity index (χ1v) is 9.45. The van der Waals surface area contributed by atoms with Crippen molar-refractivity contribution in [3.63, 3.8) is 0 Å². The van der Waals surface area contributed by atoms with Crippen LogP contribution in [0.4, 0.5) is 0 Å². The Bertz CT molecular complexity index is 817. The summed E-state index contributed by atoms with van der Waals surface area (Å²) < 4.78 is 11.4. The lowest BCUT2D eigenvalue weighted by molar-refractivity contribution is -0.147. The van der Waals surface area contributed by atoms with Crippen molar-refractivity contribution >= 4 is 5.97 Å². The maximum Gasteiger partial charge on any atom is 0.310 e. The van der Waals surface area contributed by atoms with Crippen molar-refractivity contribution in [1.82, 2.24) is 0 Å². The third kappa shape index (κ3) is 4.79. The van der Waals surface area contributed by atoms with Gasteiger partial charge in [0.1, 0.15) is 19.0 Å². The monoisotopic (exact) mass is 364 g/mol. The van der Waals surface area contributed by atoms with Gasteiger partial charge in [-0.2, -0.15) is 0 Å². The summed E-state index contributed by atoms with van der Waals surface area (Å²) in [6, 6.07) is 17.7. The van der Waals surface area contributed by atoms with Gasteiger partial charge < -0.3 is 9.47 Å². The second-order valence-corrected chi connectivity index (χ2v) is 8.10. The van der Waals surface area contributed by atoms with Gasteiger partial charge in [0.15, 0.2) is 0 Å². The molecule has 0 aliphatic heterocycles. The van der Waals surface area contributed by atoms with Crippen LogP contribution in [0.2, 0.25) is 0 Å². The summed E-state index contributed by atoms with van der Waals surface area (Å²) in [5, 5.41) is 0. The number of ether oxygens (including phenoxy) is 2. The quantitative estimate of drug-likeness (QED) is 0.477. The van der Waals surface area contributed by atoms with E-state index in [9.17, 15) is 4.79 Å². The molecule has 3 heteroatoms. The molecule has 0 heterocycles. The summed E-state index contributed by atoms with van der Waals surface area (Å²) >= 11 is 0. The van der Waals surface area contributed by atoms with Crippen LogP contribution in [0.3, 0.4) is 0 Å². The highest BCUT2D eigenvalue weighted by Crippen LogP contribution is 2.59. The lowest BCUT2D eigenvalue weighted by atomic mass is 10.1. The first-order chi connectivity index (χ1) is 12.9. The third-order valence-electron chi connectivity index (χ3n) is 5.20. The van der Waals surface area contributed by atoms with Crippen LogP contribution >= 0.6 is 0 Å². The molecule has 2 atom stereocenters. The number of para-hydroxylation sites is 1. The molecule has 0 bridgehead atoms. The van der Waals surface area contributed by atoms with E-state index in [4.69, 9.17) is 9.47 Å². The van der Waals surface area contributed by atoms with Gasteiger partial charge in [-0.15, -0.1) is 0 Å². The van der Waals surface area contributed by atoms with E-state index < -0.39 is 0 Å². The van der Waals surface area contributed by atoms with E-state index >= 15 is 0 Å². The Morgan fingerprint density at radius 1 is 1.00 bits per heavy atom. The number of hydrogen-bond acceptors (Lipinski definition) is 3. The fourth-order valence-electron chi connectivity index (χ4n) is 3.53. The van der Waals surface area contributed by atoms with Gasteiger partial charge >= 0.3 is 5.97 Å². The van der Waals surface area contributed by atoms with Gasteiger partial charge in [0, 0.05) is 0 Å². The van der Waals surface area contributed by atoms with Crippen molar-refractivity contribution in [1.29, 1.82) is 0 Å². The number of esters is 1. The Hall–Kier alpha value is -2.55. The molecular weight excluding hydrogens is 336 g/mol. The molecule has 1 aliphatic carbocycles. The van der Waals surface area contributed by atoms with Crippen molar-refractivity contribution in [2.75, 3.05) is 0 Å². The third-order valence-corrected chi connectivity index (χ3v) is 5.20. The largest absolute Gasteiger partial charge is 0.489 e. The number of hydrogen-bond donors (Lipinski definition) is 0. The zero-order valence-electron chi connectivity index (χ0n) is 16.6. The van der Waals surface area contributed by atoms with Crippen molar-refractivity contribution in [3.8, 4) is 5.75 Å². The van der Waals surface area contributed by atoms with Crippen LogP contribution < -0.4 is 4.74 Å². The Kier molecular flexibility index (Phi) is 5.69. The van der Waals surface area contributed by atoms with Crippen LogP contribution in [-0.2, 0) is 22.7 Å². The molecule has 2 aromatic rings. The van der Waals surface area contributed by atoms with Crippen LogP contribution in [-0.4, -0.2) is 5.97 Å². The Morgan fingerprint density at radius 2 is 1.67 bits per heavy atom. The lowest BCUT2D eigenvalue weighted by Gasteiger charge is -2.09. The average molecular weight is 364 g/mol. The van der Waals surface area contributed by atoms with E-state index in [1.165, 1.54) is 5.57 Å². The molecule has 0 N–H and O–H groups in total. The summed E-state index contributed by atoms with van der Waals surface area (Å²) in [6.07, 6.45) is 2.19. The van der Waals surface area contributed by atoms with E-state index in [1.807, 2.05) is 54.6 Å². The fourth-order valence-corrected chi connectivity index (χ4v) is 3.53. The predicted molar refractivity (Wildman–Crippen MR) is 107 cm³/mol. The predicted octanol–water partition coefficient (Wildman–Crippen LogP) is 5.55. The summed E-state index contributed by atoms with van der Waals surface area (Å²) in [7, 11) is 0. The average Bonchev–Trinajstić information content (AvgIpc) is 3.18. The van der Waals surface area contributed by atoms with Gasteiger partial charge in [-0.25, -0.2) is 0 Å². The number of benzene rings is 2. The normalized spacial score (nSPS) is 19.9. The van der Waals surface area contributed by atoms with E-state index in [0.29, 0.717) is 13.2 Å². The number of rotatable bonds is 7. The maximum absolute atomic E-state index is 12.5. The van der Waals surface area contributed by atoms with E-state index in [1.54, 1.807) is 0 Å². The van der Waals surface area contributed by atoms with Gasteiger partial charge in [-0.3, -0.25) is 4.79 Å². The molecule has 1 saturated carbocycles. The van der Waals surface area contributed by atoms with Gasteiger partial charge in [0.25, 0.3) is 0 Å². The fraction of sp³-hybridized carbons (Fsp3) is 0.375. The van der Waals surface area contributed by atoms with Crippen LogP contribution in [0.1, 0.15) is 38.8 Å². The first kappa shape index (κ1) is 19.2. The van der Waals surface area contributed by atoms with Crippen molar-refractivity contribution in [2.45, 2.75) is 40.9 Å². The zero-order chi connectivity index (χ0) is 19.4. The molecular formula is C24H28O3. The molecule has 1 aliphatic rings. The molecule has 0 spiro atoms. The van der Waals surface area contributed by atoms with E-state index in [2.05, 4.69) is 33.8 Å². The van der Waals surface area contributed by atoms with Crippen molar-refractivity contribution in [2.24, 2.45) is 17.3 Å². The SMILES string of the molecule is CC(C)=CC1C(C(=O)OCc2cccc(COc3ccccc3)c2)C1(C)C. The topological polar surface area (TPSA) is 35.5 Å². The zero-order valence-corrected chi connectivity index (χ0v) is 16.6. The Morgan fingerprint density at radius 3 is 2.33 bits per heavy atom. The minimum atomic E-state index is -0.103. The second-order valence-electron chi connectivity index (χ2n) is 8.10. The standard InChI is InChI=1S/C24H28O3/c1-17(2)13-21-22(24(21,3)4)23(25)27-16-19-10-8-9-18(14-19)15-26-20-11-6-5-7-12-20/h5-14,21-22H,15-16H2,1-4H3. The van der Waals surface area contributed by atoms with Crippen LogP contribution in [0.5, 0.6) is 5.75 Å². The summed E-state index contributed by atoms with van der Waals surface area (Å²) in [4.78, 5) is 12.5. The first-order valence-electron chi connectivity index (χ1n) is 9.45. The van der Waals surface area contributed by atoms with Crippen molar-refractivity contribution < 1.29 is 14.3 Å². The molecule has 27 heavy (non-hydrogen) atoms. The maximum atomic E-state index is 12.5. The van der Waals surface area contributed by atoms with Gasteiger partial charge in [-0.05, 0) is 54.5 Å².